The molecule has 0 saturated heterocycles. The van der Waals surface area contributed by atoms with Gasteiger partial charge in [-0.25, -0.2) is 0 Å². The summed E-state index contributed by atoms with van der Waals surface area (Å²) in [4.78, 5) is 0. The first-order chi connectivity index (χ1) is 9.97. The van der Waals surface area contributed by atoms with Crippen LogP contribution in [0.1, 0.15) is 5.56 Å². The fourth-order valence-corrected chi connectivity index (χ4v) is 2.36. The molecule has 0 radical (unpaired) electrons. The van der Waals surface area contributed by atoms with Gasteiger partial charge in [0.2, 0.25) is 0 Å². The third-order valence-corrected chi connectivity index (χ3v) is 3.89. The third kappa shape index (κ3) is 4.37. The highest BCUT2D eigenvalue weighted by molar-refractivity contribution is 6.44. The lowest BCUT2D eigenvalue weighted by molar-refractivity contribution is -0.0498. The van der Waals surface area contributed by atoms with Crippen molar-refractivity contribution in [2.24, 2.45) is 0 Å². The first kappa shape index (κ1) is 16.1. The summed E-state index contributed by atoms with van der Waals surface area (Å²) in [5, 5.41) is 4.37. The van der Waals surface area contributed by atoms with Crippen molar-refractivity contribution >= 4 is 40.5 Å². The standard InChI is InChI=1S/C14H10Cl3F2NO/c15-11-5-6-12(16)13(17)10(11)7-20-8-1-3-9(4-2-8)21-14(18)19/h1-6,14,20H,7H2. The van der Waals surface area contributed by atoms with Crippen molar-refractivity contribution in [2.75, 3.05) is 5.32 Å². The molecule has 2 aromatic carbocycles. The second kappa shape index (κ2) is 7.16. The zero-order valence-corrected chi connectivity index (χ0v) is 12.8. The molecule has 0 aliphatic heterocycles. The van der Waals surface area contributed by atoms with E-state index in [1.165, 1.54) is 12.1 Å². The summed E-state index contributed by atoms with van der Waals surface area (Å²) in [6.07, 6.45) is 0. The number of alkyl halides is 2. The van der Waals surface area contributed by atoms with Crippen molar-refractivity contribution in [2.45, 2.75) is 13.2 Å². The summed E-state index contributed by atoms with van der Waals surface area (Å²) in [7, 11) is 0. The quantitative estimate of drug-likeness (QED) is 0.680. The first-order valence-electron chi connectivity index (χ1n) is 5.88. The lowest BCUT2D eigenvalue weighted by atomic mass is 10.2. The average Bonchev–Trinajstić information content (AvgIpc) is 2.44. The highest BCUT2D eigenvalue weighted by atomic mass is 35.5. The van der Waals surface area contributed by atoms with Crippen LogP contribution in [0.5, 0.6) is 5.75 Å². The fraction of sp³-hybridized carbons (Fsp3) is 0.143. The molecule has 2 aromatic rings. The molecular weight excluding hydrogens is 343 g/mol. The van der Waals surface area contributed by atoms with Crippen molar-refractivity contribution in [3.8, 4) is 5.75 Å². The minimum absolute atomic E-state index is 0.0920. The number of hydrogen-bond donors (Lipinski definition) is 1. The Balaban J connectivity index is 2.05. The van der Waals surface area contributed by atoms with Crippen molar-refractivity contribution in [3.63, 3.8) is 0 Å². The zero-order valence-electron chi connectivity index (χ0n) is 10.5. The Kier molecular flexibility index (Phi) is 5.51. The van der Waals surface area contributed by atoms with Gasteiger partial charge in [0.05, 0.1) is 10.0 Å². The maximum absolute atomic E-state index is 12.0. The molecule has 0 heterocycles. The third-order valence-electron chi connectivity index (χ3n) is 2.69. The summed E-state index contributed by atoms with van der Waals surface area (Å²) < 4.78 is 28.3. The van der Waals surface area contributed by atoms with E-state index in [2.05, 4.69) is 10.1 Å². The van der Waals surface area contributed by atoms with Crippen molar-refractivity contribution in [1.82, 2.24) is 0 Å². The maximum atomic E-state index is 12.0. The highest BCUT2D eigenvalue weighted by Gasteiger charge is 2.09. The molecule has 0 saturated carbocycles. The van der Waals surface area contributed by atoms with Crippen LogP contribution in [0.15, 0.2) is 36.4 Å². The minimum Gasteiger partial charge on any atom is -0.435 e. The Morgan fingerprint density at radius 3 is 2.19 bits per heavy atom. The smallest absolute Gasteiger partial charge is 0.387 e. The number of ether oxygens (including phenoxy) is 1. The Labute approximate surface area is 135 Å². The Bertz CT molecular complexity index is 620. The minimum atomic E-state index is -2.84. The van der Waals surface area contributed by atoms with Gasteiger partial charge in [0, 0.05) is 22.8 Å². The number of hydrogen-bond acceptors (Lipinski definition) is 2. The Morgan fingerprint density at radius 1 is 0.952 bits per heavy atom. The molecule has 0 bridgehead atoms. The molecule has 0 spiro atoms. The molecule has 7 heteroatoms. The predicted molar refractivity (Wildman–Crippen MR) is 81.9 cm³/mol. The van der Waals surface area contributed by atoms with Crippen molar-refractivity contribution in [1.29, 1.82) is 0 Å². The molecule has 0 unspecified atom stereocenters. The van der Waals surface area contributed by atoms with E-state index in [-0.39, 0.29) is 5.75 Å². The van der Waals surface area contributed by atoms with Crippen molar-refractivity contribution < 1.29 is 13.5 Å². The largest absolute Gasteiger partial charge is 0.435 e. The van der Waals surface area contributed by atoms with Gasteiger partial charge in [-0.15, -0.1) is 0 Å². The molecule has 0 aliphatic rings. The van der Waals surface area contributed by atoms with Crippen molar-refractivity contribution in [3.05, 3.63) is 57.0 Å². The lowest BCUT2D eigenvalue weighted by Crippen LogP contribution is -2.03. The van der Waals surface area contributed by atoms with Crippen LogP contribution in [0.25, 0.3) is 0 Å². The van der Waals surface area contributed by atoms with Gasteiger partial charge >= 0.3 is 6.61 Å². The van der Waals surface area contributed by atoms with Crippen LogP contribution >= 0.6 is 34.8 Å². The Morgan fingerprint density at radius 2 is 1.57 bits per heavy atom. The predicted octanol–water partition coefficient (Wildman–Crippen LogP) is 5.86. The molecule has 0 aliphatic carbocycles. The van der Waals surface area contributed by atoms with Gasteiger partial charge < -0.3 is 10.1 Å². The van der Waals surface area contributed by atoms with Gasteiger partial charge in [0.15, 0.2) is 0 Å². The molecular formula is C14H10Cl3F2NO. The van der Waals surface area contributed by atoms with E-state index in [0.717, 1.165) is 0 Å². The van der Waals surface area contributed by atoms with E-state index in [1.807, 2.05) is 0 Å². The van der Waals surface area contributed by atoms with Gasteiger partial charge in [-0.3, -0.25) is 0 Å². The van der Waals surface area contributed by atoms with Crippen LogP contribution in [0.2, 0.25) is 15.1 Å². The van der Waals surface area contributed by atoms with E-state index in [4.69, 9.17) is 34.8 Å². The molecule has 21 heavy (non-hydrogen) atoms. The van der Waals surface area contributed by atoms with Crippen LogP contribution in [-0.2, 0) is 6.54 Å². The summed E-state index contributed by atoms with van der Waals surface area (Å²) in [5.41, 5.74) is 1.38. The maximum Gasteiger partial charge on any atom is 0.387 e. The molecule has 0 fully saturated rings. The van der Waals surface area contributed by atoms with E-state index >= 15 is 0 Å². The van der Waals surface area contributed by atoms with Crippen LogP contribution in [0.3, 0.4) is 0 Å². The molecule has 1 N–H and O–H groups in total. The van der Waals surface area contributed by atoms with Crippen LogP contribution in [0, 0.1) is 0 Å². The van der Waals surface area contributed by atoms with Crippen LogP contribution in [-0.4, -0.2) is 6.61 Å². The van der Waals surface area contributed by atoms with E-state index in [9.17, 15) is 8.78 Å². The second-order valence-electron chi connectivity index (χ2n) is 4.08. The van der Waals surface area contributed by atoms with Crippen LogP contribution < -0.4 is 10.1 Å². The van der Waals surface area contributed by atoms with E-state index in [1.54, 1.807) is 24.3 Å². The SMILES string of the molecule is FC(F)Oc1ccc(NCc2c(Cl)ccc(Cl)c2Cl)cc1. The molecule has 0 atom stereocenters. The summed E-state index contributed by atoms with van der Waals surface area (Å²) in [6.45, 7) is -2.49. The topological polar surface area (TPSA) is 21.3 Å². The normalized spacial score (nSPS) is 10.8. The molecule has 0 aromatic heterocycles. The lowest BCUT2D eigenvalue weighted by Gasteiger charge is -2.11. The molecule has 0 amide bonds. The fourth-order valence-electron chi connectivity index (χ4n) is 1.68. The van der Waals surface area contributed by atoms with Crippen LogP contribution in [0.4, 0.5) is 14.5 Å². The van der Waals surface area contributed by atoms with Gasteiger partial charge in [-0.2, -0.15) is 8.78 Å². The monoisotopic (exact) mass is 351 g/mol. The molecule has 2 nitrogen and oxygen atoms in total. The number of benzene rings is 2. The molecule has 2 rings (SSSR count). The second-order valence-corrected chi connectivity index (χ2v) is 5.27. The first-order valence-corrected chi connectivity index (χ1v) is 7.02. The van der Waals surface area contributed by atoms with Gasteiger partial charge in [-0.1, -0.05) is 34.8 Å². The van der Waals surface area contributed by atoms with E-state index < -0.39 is 6.61 Å². The molecule has 112 valence electrons. The van der Waals surface area contributed by atoms with Gasteiger partial charge in [-0.05, 0) is 36.4 Å². The van der Waals surface area contributed by atoms with Gasteiger partial charge in [0.1, 0.15) is 5.75 Å². The summed E-state index contributed by atoms with van der Waals surface area (Å²) >= 11 is 18.1. The summed E-state index contributed by atoms with van der Waals surface area (Å²) in [6, 6.07) is 9.39. The average molecular weight is 353 g/mol. The number of anilines is 1. The Hall–Kier alpha value is -1.23. The summed E-state index contributed by atoms with van der Waals surface area (Å²) in [5.74, 6) is 0.0920. The number of halogens is 5. The van der Waals surface area contributed by atoms with Gasteiger partial charge in [0.25, 0.3) is 0 Å². The van der Waals surface area contributed by atoms with E-state index in [0.29, 0.717) is 32.9 Å². The highest BCUT2D eigenvalue weighted by Crippen LogP contribution is 2.32. The zero-order chi connectivity index (χ0) is 15.4. The number of rotatable bonds is 5. The number of nitrogens with one attached hydrogen (secondary N) is 1.